The molecule has 1 aliphatic rings. The molecule has 152 valence electrons. The summed E-state index contributed by atoms with van der Waals surface area (Å²) in [5.74, 6) is -0.784. The number of para-hydroxylation sites is 1. The molecule has 1 aromatic carbocycles. The zero-order chi connectivity index (χ0) is 20.6. The zero-order valence-corrected chi connectivity index (χ0v) is 17.4. The van der Waals surface area contributed by atoms with E-state index in [1.54, 1.807) is 31.5 Å². The number of carbonyl (C=O) groups excluding carboxylic acids is 1. The first-order valence-electron chi connectivity index (χ1n) is 9.36. The van der Waals surface area contributed by atoms with E-state index in [1.807, 2.05) is 6.92 Å². The molecule has 0 unspecified atom stereocenters. The maximum Gasteiger partial charge on any atom is 0.272 e. The second kappa shape index (κ2) is 7.67. The van der Waals surface area contributed by atoms with Crippen molar-refractivity contribution in [3.05, 3.63) is 47.0 Å². The van der Waals surface area contributed by atoms with E-state index < -0.39 is 21.7 Å². The Bertz CT molecular complexity index is 1010. The molecular weight excluding hydrogens is 381 g/mol. The van der Waals surface area contributed by atoms with Gasteiger partial charge in [0.1, 0.15) is 16.4 Å². The molecule has 2 aromatic rings. The normalized spacial score (nSPS) is 18.2. The molecule has 0 spiro atoms. The Balaban J connectivity index is 2.00. The Kier molecular flexibility index (Phi) is 5.63. The van der Waals surface area contributed by atoms with Crippen LogP contribution < -0.4 is 5.32 Å². The molecule has 0 bridgehead atoms. The van der Waals surface area contributed by atoms with Crippen LogP contribution in [0.2, 0.25) is 0 Å². The summed E-state index contributed by atoms with van der Waals surface area (Å²) in [6, 6.07) is 5.87. The summed E-state index contributed by atoms with van der Waals surface area (Å²) in [6.07, 6.45) is 1.83. The first kappa shape index (κ1) is 20.5. The average Bonchev–Trinajstić information content (AvgIpc) is 2.86. The van der Waals surface area contributed by atoms with Gasteiger partial charge in [0.05, 0.1) is 5.69 Å². The summed E-state index contributed by atoms with van der Waals surface area (Å²) in [5.41, 5.74) is 1.14. The van der Waals surface area contributed by atoms with Crippen LogP contribution in [0.15, 0.2) is 29.2 Å². The number of rotatable bonds is 4. The number of hydrogen-bond acceptors (Lipinski definition) is 3. The number of hydrogen-bond donors (Lipinski definition) is 1. The molecule has 1 aliphatic heterocycles. The second-order valence-corrected chi connectivity index (χ2v) is 9.37. The Morgan fingerprint density at radius 2 is 1.93 bits per heavy atom. The van der Waals surface area contributed by atoms with Gasteiger partial charge in [-0.05, 0) is 44.7 Å². The Morgan fingerprint density at radius 3 is 2.57 bits per heavy atom. The molecule has 2 heterocycles. The molecule has 1 fully saturated rings. The van der Waals surface area contributed by atoms with Gasteiger partial charge in [0.15, 0.2) is 0 Å². The molecule has 1 saturated heterocycles. The predicted octanol–water partition coefficient (Wildman–Crippen LogP) is 3.45. The number of nitrogens with one attached hydrogen (secondary N) is 1. The fourth-order valence-corrected chi connectivity index (χ4v) is 5.96. The van der Waals surface area contributed by atoms with Crippen LogP contribution in [0, 0.1) is 25.6 Å². The first-order valence-corrected chi connectivity index (χ1v) is 10.8. The zero-order valence-electron chi connectivity index (χ0n) is 16.6. The summed E-state index contributed by atoms with van der Waals surface area (Å²) in [5, 5.41) is 2.54. The Hall–Kier alpha value is -2.19. The van der Waals surface area contributed by atoms with E-state index in [2.05, 4.69) is 5.32 Å². The highest BCUT2D eigenvalue weighted by Gasteiger charge is 2.35. The van der Waals surface area contributed by atoms with Crippen molar-refractivity contribution in [2.45, 2.75) is 38.5 Å². The van der Waals surface area contributed by atoms with Gasteiger partial charge >= 0.3 is 0 Å². The van der Waals surface area contributed by atoms with Crippen molar-refractivity contribution in [3.8, 4) is 0 Å². The lowest BCUT2D eigenvalue weighted by atomic mass is 10.0. The van der Waals surface area contributed by atoms with Crippen molar-refractivity contribution < 1.29 is 17.6 Å². The molecule has 1 aromatic heterocycles. The standard InChI is InChI=1S/C20H26FN3O3S/c1-13-8-7-11-24(12-13)28(26,27)19-14(2)18(23(4)15(19)3)20(25)22-17-10-6-5-9-16(17)21/h5-6,9-10,13H,7-8,11-12H2,1-4H3,(H,22,25)/t13-/m0/s1. The maximum atomic E-state index is 13.9. The second-order valence-electron chi connectivity index (χ2n) is 7.49. The molecule has 8 heteroatoms. The summed E-state index contributed by atoms with van der Waals surface area (Å²) in [7, 11) is -2.06. The van der Waals surface area contributed by atoms with Crippen molar-refractivity contribution >= 4 is 21.6 Å². The van der Waals surface area contributed by atoms with E-state index in [0.29, 0.717) is 30.3 Å². The number of aromatic nitrogens is 1. The number of sulfonamides is 1. The van der Waals surface area contributed by atoms with Crippen LogP contribution in [-0.2, 0) is 17.1 Å². The lowest BCUT2D eigenvalue weighted by Crippen LogP contribution is -2.39. The largest absolute Gasteiger partial charge is 0.342 e. The third-order valence-corrected chi connectivity index (χ3v) is 7.55. The van der Waals surface area contributed by atoms with Crippen LogP contribution >= 0.6 is 0 Å². The minimum Gasteiger partial charge on any atom is -0.342 e. The van der Waals surface area contributed by atoms with Gasteiger partial charge in [-0.25, -0.2) is 12.8 Å². The molecule has 0 saturated carbocycles. The molecule has 1 amide bonds. The van der Waals surface area contributed by atoms with Crippen LogP contribution in [0.1, 0.15) is 41.5 Å². The Labute approximate surface area is 165 Å². The van der Waals surface area contributed by atoms with Gasteiger partial charge in [0, 0.05) is 31.4 Å². The molecule has 6 nitrogen and oxygen atoms in total. The van der Waals surface area contributed by atoms with Crippen LogP contribution in [-0.4, -0.2) is 36.3 Å². The highest BCUT2D eigenvalue weighted by atomic mass is 32.2. The highest BCUT2D eigenvalue weighted by Crippen LogP contribution is 2.31. The van der Waals surface area contributed by atoms with Crippen LogP contribution in [0.25, 0.3) is 0 Å². The lowest BCUT2D eigenvalue weighted by Gasteiger charge is -2.30. The fraction of sp³-hybridized carbons (Fsp3) is 0.450. The molecule has 1 atom stereocenters. The summed E-state index contributed by atoms with van der Waals surface area (Å²) < 4.78 is 43.6. The summed E-state index contributed by atoms with van der Waals surface area (Å²) >= 11 is 0. The van der Waals surface area contributed by atoms with E-state index in [-0.39, 0.29) is 16.3 Å². The van der Waals surface area contributed by atoms with E-state index in [1.165, 1.54) is 22.5 Å². The minimum atomic E-state index is -3.71. The van der Waals surface area contributed by atoms with Crippen molar-refractivity contribution in [1.29, 1.82) is 0 Å². The van der Waals surface area contributed by atoms with Gasteiger partial charge < -0.3 is 9.88 Å². The Morgan fingerprint density at radius 1 is 1.25 bits per heavy atom. The molecule has 1 N–H and O–H groups in total. The van der Waals surface area contributed by atoms with Gasteiger partial charge in [-0.1, -0.05) is 19.1 Å². The van der Waals surface area contributed by atoms with Gasteiger partial charge in [-0.3, -0.25) is 4.79 Å². The number of carbonyl (C=O) groups is 1. The molecule has 3 rings (SSSR count). The average molecular weight is 408 g/mol. The molecule has 28 heavy (non-hydrogen) atoms. The first-order chi connectivity index (χ1) is 13.1. The van der Waals surface area contributed by atoms with Gasteiger partial charge in [-0.2, -0.15) is 4.31 Å². The third kappa shape index (κ3) is 3.58. The van der Waals surface area contributed by atoms with E-state index >= 15 is 0 Å². The molecular formula is C20H26FN3O3S. The van der Waals surface area contributed by atoms with Crippen LogP contribution in [0.5, 0.6) is 0 Å². The maximum absolute atomic E-state index is 13.9. The predicted molar refractivity (Wildman–Crippen MR) is 106 cm³/mol. The lowest BCUT2D eigenvalue weighted by molar-refractivity contribution is 0.101. The summed E-state index contributed by atoms with van der Waals surface area (Å²) in [4.78, 5) is 13.0. The van der Waals surface area contributed by atoms with Crippen molar-refractivity contribution in [1.82, 2.24) is 8.87 Å². The van der Waals surface area contributed by atoms with E-state index in [4.69, 9.17) is 0 Å². The van der Waals surface area contributed by atoms with Crippen molar-refractivity contribution in [2.75, 3.05) is 18.4 Å². The topological polar surface area (TPSA) is 71.4 Å². The molecule has 0 radical (unpaired) electrons. The monoisotopic (exact) mass is 407 g/mol. The smallest absolute Gasteiger partial charge is 0.272 e. The number of benzene rings is 1. The molecule has 0 aliphatic carbocycles. The van der Waals surface area contributed by atoms with Crippen molar-refractivity contribution in [2.24, 2.45) is 13.0 Å². The number of amides is 1. The quantitative estimate of drug-likeness (QED) is 0.844. The van der Waals surface area contributed by atoms with Crippen LogP contribution in [0.3, 0.4) is 0 Å². The van der Waals surface area contributed by atoms with Gasteiger partial charge in [-0.15, -0.1) is 0 Å². The van der Waals surface area contributed by atoms with Gasteiger partial charge in [0.25, 0.3) is 5.91 Å². The number of nitrogens with zero attached hydrogens (tertiary/aromatic N) is 2. The fourth-order valence-electron chi connectivity index (χ4n) is 3.89. The van der Waals surface area contributed by atoms with Crippen LogP contribution in [0.4, 0.5) is 10.1 Å². The van der Waals surface area contributed by atoms with Gasteiger partial charge in [0.2, 0.25) is 10.0 Å². The van der Waals surface area contributed by atoms with E-state index in [9.17, 15) is 17.6 Å². The number of anilines is 1. The highest BCUT2D eigenvalue weighted by molar-refractivity contribution is 7.89. The summed E-state index contributed by atoms with van der Waals surface area (Å²) in [6.45, 7) is 6.32. The van der Waals surface area contributed by atoms with Crippen molar-refractivity contribution in [3.63, 3.8) is 0 Å². The SMILES string of the molecule is Cc1c(S(=O)(=O)N2CCC[C@H](C)C2)c(C)n(C)c1C(=O)Nc1ccccc1F. The van der Waals surface area contributed by atoms with E-state index in [0.717, 1.165) is 12.8 Å². The number of piperidine rings is 1. The third-order valence-electron chi connectivity index (χ3n) is 5.42. The number of halogens is 1. The minimum absolute atomic E-state index is 0.0556.